The number of hydrogen-bond acceptors (Lipinski definition) is 2. The van der Waals surface area contributed by atoms with Crippen LogP contribution < -0.4 is 11.1 Å². The van der Waals surface area contributed by atoms with E-state index >= 15 is 0 Å². The van der Waals surface area contributed by atoms with Crippen molar-refractivity contribution >= 4 is 37.5 Å². The van der Waals surface area contributed by atoms with E-state index in [9.17, 15) is 0 Å². The zero-order valence-corrected chi connectivity index (χ0v) is 13.7. The second-order valence-corrected chi connectivity index (χ2v) is 6.87. The summed E-state index contributed by atoms with van der Waals surface area (Å²) in [5.41, 5.74) is 8.06. The van der Waals surface area contributed by atoms with Gasteiger partial charge in [0.15, 0.2) is 0 Å². The normalized spacial score (nSPS) is 17.0. The summed E-state index contributed by atoms with van der Waals surface area (Å²) in [6, 6.07) is 4.08. The minimum absolute atomic E-state index is 0.842. The quantitative estimate of drug-likeness (QED) is 0.762. The van der Waals surface area contributed by atoms with Crippen molar-refractivity contribution in [2.45, 2.75) is 38.6 Å². The van der Waals surface area contributed by atoms with Crippen molar-refractivity contribution in [3.63, 3.8) is 0 Å². The van der Waals surface area contributed by atoms with Gasteiger partial charge in [-0.05, 0) is 58.9 Å². The molecule has 0 atom stereocenters. The third-order valence-electron chi connectivity index (χ3n) is 3.65. The number of halogens is 2. The Morgan fingerprint density at radius 2 is 1.89 bits per heavy atom. The molecule has 1 aromatic carbocycles. The molecule has 100 valence electrons. The Balaban J connectivity index is 1.86. The number of nitrogens with one attached hydrogen (secondary N) is 1. The lowest BCUT2D eigenvalue weighted by atomic mass is 9.89. The van der Waals surface area contributed by atoms with Crippen LogP contribution in [0.25, 0.3) is 0 Å². The molecule has 18 heavy (non-hydrogen) atoms. The first-order valence-corrected chi connectivity index (χ1v) is 8.19. The molecule has 0 spiro atoms. The van der Waals surface area contributed by atoms with Gasteiger partial charge in [-0.3, -0.25) is 0 Å². The second kappa shape index (κ2) is 6.92. The summed E-state index contributed by atoms with van der Waals surface area (Å²) in [4.78, 5) is 0. The Bertz CT molecular complexity index is 401. The average Bonchev–Trinajstić information content (AvgIpc) is 2.36. The van der Waals surface area contributed by atoms with Gasteiger partial charge in [-0.25, -0.2) is 0 Å². The predicted octanol–water partition coefficient (Wildman–Crippen LogP) is 4.46. The maximum absolute atomic E-state index is 6.06. The molecule has 2 nitrogen and oxygen atoms in total. The number of hydrogen-bond donors (Lipinski definition) is 2. The van der Waals surface area contributed by atoms with Crippen LogP contribution in [0, 0.1) is 5.92 Å². The van der Waals surface area contributed by atoms with Crippen molar-refractivity contribution in [3.8, 4) is 0 Å². The maximum atomic E-state index is 6.06. The summed E-state index contributed by atoms with van der Waals surface area (Å²) in [7, 11) is 0. The van der Waals surface area contributed by atoms with E-state index in [4.69, 9.17) is 5.73 Å². The van der Waals surface area contributed by atoms with E-state index in [0.29, 0.717) is 0 Å². The molecule has 3 N–H and O–H groups in total. The van der Waals surface area contributed by atoms with Gasteiger partial charge in [0.1, 0.15) is 0 Å². The highest BCUT2D eigenvalue weighted by Gasteiger charge is 2.13. The van der Waals surface area contributed by atoms with Gasteiger partial charge < -0.3 is 11.1 Å². The van der Waals surface area contributed by atoms with Crippen molar-refractivity contribution in [1.82, 2.24) is 5.32 Å². The van der Waals surface area contributed by atoms with Gasteiger partial charge in [0.2, 0.25) is 0 Å². The first kappa shape index (κ1) is 14.4. The molecule has 0 aromatic heterocycles. The minimum atomic E-state index is 0.842. The van der Waals surface area contributed by atoms with Gasteiger partial charge in [-0.2, -0.15) is 0 Å². The van der Waals surface area contributed by atoms with Crippen LogP contribution in [0.2, 0.25) is 0 Å². The highest BCUT2D eigenvalue weighted by molar-refractivity contribution is 9.11. The van der Waals surface area contributed by atoms with Gasteiger partial charge in [0, 0.05) is 15.5 Å². The van der Waals surface area contributed by atoms with Gasteiger partial charge in [0.05, 0.1) is 5.69 Å². The molecule has 2 rings (SSSR count). The van der Waals surface area contributed by atoms with Gasteiger partial charge in [0.25, 0.3) is 0 Å². The molecule has 0 amide bonds. The highest BCUT2D eigenvalue weighted by Crippen LogP contribution is 2.28. The molecule has 1 aliphatic carbocycles. The molecule has 0 bridgehead atoms. The topological polar surface area (TPSA) is 38.0 Å². The fourth-order valence-corrected chi connectivity index (χ4v) is 3.90. The molecular formula is C14H20Br2N2. The Hall–Kier alpha value is -0.0600. The molecule has 0 radical (unpaired) electrons. The maximum Gasteiger partial charge on any atom is 0.0504 e. The highest BCUT2D eigenvalue weighted by atomic mass is 79.9. The van der Waals surface area contributed by atoms with Crippen LogP contribution >= 0.6 is 31.9 Å². The van der Waals surface area contributed by atoms with Crippen LogP contribution in [-0.4, -0.2) is 6.54 Å². The SMILES string of the molecule is Nc1c(Br)cc(Br)cc1CNCC1CCCCC1. The molecule has 0 saturated heterocycles. The van der Waals surface area contributed by atoms with Crippen molar-refractivity contribution in [3.05, 3.63) is 26.6 Å². The predicted molar refractivity (Wildman–Crippen MR) is 84.5 cm³/mol. The van der Waals surface area contributed by atoms with Crippen molar-refractivity contribution in [1.29, 1.82) is 0 Å². The summed E-state index contributed by atoms with van der Waals surface area (Å²) < 4.78 is 2.03. The monoisotopic (exact) mass is 374 g/mol. The standard InChI is InChI=1S/C14H20Br2N2/c15-12-6-11(14(17)13(16)7-12)9-18-8-10-4-2-1-3-5-10/h6-7,10,18H,1-5,8-9,17H2. The first-order chi connectivity index (χ1) is 8.66. The van der Waals surface area contributed by atoms with E-state index in [0.717, 1.165) is 39.2 Å². The van der Waals surface area contributed by atoms with E-state index in [1.807, 2.05) is 6.07 Å². The van der Waals surface area contributed by atoms with E-state index in [1.54, 1.807) is 0 Å². The third kappa shape index (κ3) is 3.97. The first-order valence-electron chi connectivity index (χ1n) is 6.61. The smallest absolute Gasteiger partial charge is 0.0504 e. The number of benzene rings is 1. The number of nitrogen functional groups attached to an aromatic ring is 1. The number of anilines is 1. The van der Waals surface area contributed by atoms with Crippen LogP contribution in [0.3, 0.4) is 0 Å². The van der Waals surface area contributed by atoms with Crippen LogP contribution in [0.15, 0.2) is 21.1 Å². The average molecular weight is 376 g/mol. The summed E-state index contributed by atoms with van der Waals surface area (Å²) in [5, 5.41) is 3.54. The van der Waals surface area contributed by atoms with Crippen LogP contribution in [0.5, 0.6) is 0 Å². The number of rotatable bonds is 4. The van der Waals surface area contributed by atoms with Crippen LogP contribution in [0.4, 0.5) is 5.69 Å². The van der Waals surface area contributed by atoms with E-state index in [2.05, 4.69) is 43.2 Å². The molecule has 0 unspecified atom stereocenters. The summed E-state index contributed by atoms with van der Waals surface area (Å²) >= 11 is 6.98. The Labute approximate surface area is 126 Å². The lowest BCUT2D eigenvalue weighted by Crippen LogP contribution is -2.24. The molecule has 0 heterocycles. The lowest BCUT2D eigenvalue weighted by Gasteiger charge is -2.22. The second-order valence-electron chi connectivity index (χ2n) is 5.10. The van der Waals surface area contributed by atoms with Crippen molar-refractivity contribution < 1.29 is 0 Å². The van der Waals surface area contributed by atoms with Gasteiger partial charge >= 0.3 is 0 Å². The van der Waals surface area contributed by atoms with Gasteiger partial charge in [-0.15, -0.1) is 0 Å². The van der Waals surface area contributed by atoms with Crippen LogP contribution in [-0.2, 0) is 6.54 Å². The third-order valence-corrected chi connectivity index (χ3v) is 4.77. The van der Waals surface area contributed by atoms with Gasteiger partial charge in [-0.1, -0.05) is 35.2 Å². The van der Waals surface area contributed by atoms with E-state index < -0.39 is 0 Å². The number of nitrogens with two attached hydrogens (primary N) is 1. The van der Waals surface area contributed by atoms with Crippen LogP contribution in [0.1, 0.15) is 37.7 Å². The van der Waals surface area contributed by atoms with E-state index in [-0.39, 0.29) is 0 Å². The molecule has 1 aliphatic rings. The molecule has 1 saturated carbocycles. The lowest BCUT2D eigenvalue weighted by molar-refractivity contribution is 0.342. The van der Waals surface area contributed by atoms with Crippen molar-refractivity contribution in [2.75, 3.05) is 12.3 Å². The fourth-order valence-electron chi connectivity index (χ4n) is 2.59. The summed E-state index contributed by atoms with van der Waals surface area (Å²) in [6.45, 7) is 1.96. The zero-order valence-electron chi connectivity index (χ0n) is 10.5. The summed E-state index contributed by atoms with van der Waals surface area (Å²) in [6.07, 6.45) is 6.98. The molecule has 0 aliphatic heterocycles. The largest absolute Gasteiger partial charge is 0.398 e. The Kier molecular flexibility index (Phi) is 5.52. The Morgan fingerprint density at radius 1 is 1.17 bits per heavy atom. The molecule has 1 aromatic rings. The zero-order chi connectivity index (χ0) is 13.0. The summed E-state index contributed by atoms with van der Waals surface area (Å²) in [5.74, 6) is 0.857. The molecular weight excluding hydrogens is 356 g/mol. The fraction of sp³-hybridized carbons (Fsp3) is 0.571. The van der Waals surface area contributed by atoms with Crippen molar-refractivity contribution in [2.24, 2.45) is 5.92 Å². The molecule has 1 fully saturated rings. The van der Waals surface area contributed by atoms with E-state index in [1.165, 1.54) is 32.1 Å². The molecule has 4 heteroatoms. The minimum Gasteiger partial charge on any atom is -0.398 e. The Morgan fingerprint density at radius 3 is 2.61 bits per heavy atom.